The van der Waals surface area contributed by atoms with Crippen LogP contribution < -0.4 is 11.3 Å². The second kappa shape index (κ2) is 4.39. The van der Waals surface area contributed by atoms with Crippen LogP contribution in [0.2, 0.25) is 0 Å². The first-order chi connectivity index (χ1) is 9.13. The van der Waals surface area contributed by atoms with E-state index in [0.29, 0.717) is 27.6 Å². The number of H-pyrrole nitrogens is 1. The van der Waals surface area contributed by atoms with Gasteiger partial charge in [0.25, 0.3) is 5.56 Å². The number of nitrogens with two attached hydrogens (primary N) is 1. The molecule has 0 atom stereocenters. The van der Waals surface area contributed by atoms with Crippen molar-refractivity contribution in [2.75, 3.05) is 5.73 Å². The predicted molar refractivity (Wildman–Crippen MR) is 69.9 cm³/mol. The molecular formula is C11H9N5O2S. The summed E-state index contributed by atoms with van der Waals surface area (Å²) in [7, 11) is 0. The molecule has 0 radical (unpaired) electrons. The molecule has 0 saturated heterocycles. The van der Waals surface area contributed by atoms with Crippen LogP contribution in [0.25, 0.3) is 11.0 Å². The Hall–Kier alpha value is -2.35. The summed E-state index contributed by atoms with van der Waals surface area (Å²) in [6, 6.07) is 4.93. The topological polar surface area (TPSA) is 111 Å². The molecule has 2 heterocycles. The number of fused-ring (bicyclic) bond motifs is 1. The number of nitrogen functional groups attached to an aromatic ring is 1. The Bertz CT molecular complexity index is 810. The zero-order chi connectivity index (χ0) is 13.4. The molecule has 2 aromatic heterocycles. The Labute approximate surface area is 111 Å². The summed E-state index contributed by atoms with van der Waals surface area (Å²) in [6.45, 7) is 1.76. The first-order valence-corrected chi connectivity index (χ1v) is 6.22. The number of anilines is 1. The SMILES string of the molecule is Cc1cc(=O)[nH]c(Sc2ccc(N)c3nonc23)n1. The van der Waals surface area contributed by atoms with Gasteiger partial charge in [0.2, 0.25) is 0 Å². The summed E-state index contributed by atoms with van der Waals surface area (Å²) in [5.41, 5.74) is 7.76. The van der Waals surface area contributed by atoms with Gasteiger partial charge in [0.1, 0.15) is 0 Å². The van der Waals surface area contributed by atoms with Crippen molar-refractivity contribution >= 4 is 28.5 Å². The van der Waals surface area contributed by atoms with Crippen LogP contribution in [0.4, 0.5) is 5.69 Å². The van der Waals surface area contributed by atoms with E-state index in [9.17, 15) is 4.79 Å². The maximum Gasteiger partial charge on any atom is 0.251 e. The minimum absolute atomic E-state index is 0.194. The highest BCUT2D eigenvalue weighted by Gasteiger charge is 2.12. The lowest BCUT2D eigenvalue weighted by atomic mass is 10.3. The second-order valence-electron chi connectivity index (χ2n) is 3.91. The zero-order valence-electron chi connectivity index (χ0n) is 9.88. The van der Waals surface area contributed by atoms with Crippen molar-refractivity contribution in [1.82, 2.24) is 20.3 Å². The largest absolute Gasteiger partial charge is 0.397 e. The average molecular weight is 275 g/mol. The van der Waals surface area contributed by atoms with Crippen LogP contribution in [0.15, 0.2) is 37.7 Å². The fourth-order valence-electron chi connectivity index (χ4n) is 1.65. The molecular weight excluding hydrogens is 266 g/mol. The summed E-state index contributed by atoms with van der Waals surface area (Å²) in [5.74, 6) is 0. The third-order valence-corrected chi connectivity index (χ3v) is 3.40. The quantitative estimate of drug-likeness (QED) is 0.536. The number of aromatic nitrogens is 4. The molecule has 3 rings (SSSR count). The maximum absolute atomic E-state index is 11.4. The smallest absolute Gasteiger partial charge is 0.251 e. The molecule has 3 aromatic rings. The van der Waals surface area contributed by atoms with E-state index in [1.807, 2.05) is 0 Å². The van der Waals surface area contributed by atoms with Gasteiger partial charge in [-0.3, -0.25) is 4.79 Å². The highest BCUT2D eigenvalue weighted by molar-refractivity contribution is 7.99. The zero-order valence-corrected chi connectivity index (χ0v) is 10.7. The van der Waals surface area contributed by atoms with Crippen molar-refractivity contribution in [2.45, 2.75) is 17.0 Å². The van der Waals surface area contributed by atoms with E-state index in [0.717, 1.165) is 4.90 Å². The third-order valence-electron chi connectivity index (χ3n) is 2.46. The van der Waals surface area contributed by atoms with E-state index in [2.05, 4.69) is 24.9 Å². The van der Waals surface area contributed by atoms with Gasteiger partial charge in [-0.05, 0) is 41.1 Å². The second-order valence-corrected chi connectivity index (χ2v) is 4.94. The summed E-state index contributed by atoms with van der Waals surface area (Å²) in [6.07, 6.45) is 0. The third kappa shape index (κ3) is 2.17. The highest BCUT2D eigenvalue weighted by atomic mass is 32.2. The Morgan fingerprint density at radius 3 is 2.89 bits per heavy atom. The summed E-state index contributed by atoms with van der Waals surface area (Å²) in [5, 5.41) is 8.04. The molecule has 8 heteroatoms. The minimum Gasteiger partial charge on any atom is -0.397 e. The summed E-state index contributed by atoms with van der Waals surface area (Å²) in [4.78, 5) is 19.1. The lowest BCUT2D eigenvalue weighted by Gasteiger charge is -2.02. The van der Waals surface area contributed by atoms with Gasteiger partial charge in [0, 0.05) is 16.7 Å². The van der Waals surface area contributed by atoms with E-state index in [1.54, 1.807) is 19.1 Å². The predicted octanol–water partition coefficient (Wildman–Crippen LogP) is 1.35. The van der Waals surface area contributed by atoms with Gasteiger partial charge in [0.05, 0.1) is 5.69 Å². The van der Waals surface area contributed by atoms with E-state index in [-0.39, 0.29) is 5.56 Å². The van der Waals surface area contributed by atoms with Gasteiger partial charge in [-0.1, -0.05) is 0 Å². The Balaban J connectivity index is 2.08. The fourth-order valence-corrected chi connectivity index (χ4v) is 2.57. The lowest BCUT2D eigenvalue weighted by molar-refractivity contribution is 0.315. The van der Waals surface area contributed by atoms with Crippen LogP contribution in [0.3, 0.4) is 0 Å². The number of aromatic amines is 1. The number of nitrogens with one attached hydrogen (secondary N) is 1. The molecule has 0 saturated carbocycles. The van der Waals surface area contributed by atoms with Crippen LogP contribution in [0.1, 0.15) is 5.69 Å². The van der Waals surface area contributed by atoms with Crippen LogP contribution in [-0.4, -0.2) is 20.3 Å². The molecule has 0 amide bonds. The van der Waals surface area contributed by atoms with E-state index in [1.165, 1.54) is 17.8 Å². The van der Waals surface area contributed by atoms with E-state index < -0.39 is 0 Å². The van der Waals surface area contributed by atoms with Gasteiger partial charge in [-0.25, -0.2) is 9.61 Å². The van der Waals surface area contributed by atoms with Crippen LogP contribution >= 0.6 is 11.8 Å². The molecule has 7 nitrogen and oxygen atoms in total. The molecule has 96 valence electrons. The van der Waals surface area contributed by atoms with E-state index >= 15 is 0 Å². The highest BCUT2D eigenvalue weighted by Crippen LogP contribution is 2.32. The molecule has 0 spiro atoms. The van der Waals surface area contributed by atoms with Gasteiger partial charge in [-0.15, -0.1) is 0 Å². The number of nitrogens with zero attached hydrogens (tertiary/aromatic N) is 3. The van der Waals surface area contributed by atoms with E-state index in [4.69, 9.17) is 5.73 Å². The summed E-state index contributed by atoms with van der Waals surface area (Å²) >= 11 is 1.27. The standard InChI is InChI=1S/C11H9N5O2S/c1-5-4-8(17)14-11(13-5)19-7-3-2-6(12)9-10(7)16-18-15-9/h2-4H,12H2,1H3,(H,13,14,17). The molecule has 1 aromatic carbocycles. The molecule has 0 fully saturated rings. The molecule has 19 heavy (non-hydrogen) atoms. The van der Waals surface area contributed by atoms with Crippen LogP contribution in [-0.2, 0) is 0 Å². The number of benzene rings is 1. The lowest BCUT2D eigenvalue weighted by Crippen LogP contribution is -2.07. The fraction of sp³-hybridized carbons (Fsp3) is 0.0909. The Kier molecular flexibility index (Phi) is 2.71. The molecule has 0 bridgehead atoms. The van der Waals surface area contributed by atoms with Crippen molar-refractivity contribution in [3.63, 3.8) is 0 Å². The molecule has 0 aliphatic rings. The number of hydrogen-bond donors (Lipinski definition) is 2. The van der Waals surface area contributed by atoms with Crippen molar-refractivity contribution in [1.29, 1.82) is 0 Å². The maximum atomic E-state index is 11.4. The van der Waals surface area contributed by atoms with Gasteiger partial charge in [-0.2, -0.15) is 0 Å². The molecule has 0 unspecified atom stereocenters. The minimum atomic E-state index is -0.194. The van der Waals surface area contributed by atoms with Crippen LogP contribution in [0, 0.1) is 6.92 Å². The Morgan fingerprint density at radius 2 is 2.11 bits per heavy atom. The normalized spacial score (nSPS) is 11.0. The van der Waals surface area contributed by atoms with Gasteiger partial charge < -0.3 is 10.7 Å². The Morgan fingerprint density at radius 1 is 1.32 bits per heavy atom. The van der Waals surface area contributed by atoms with Gasteiger partial charge in [0.15, 0.2) is 16.2 Å². The first-order valence-electron chi connectivity index (χ1n) is 5.40. The molecule has 0 aliphatic carbocycles. The van der Waals surface area contributed by atoms with Crippen molar-refractivity contribution < 1.29 is 4.63 Å². The van der Waals surface area contributed by atoms with Crippen LogP contribution in [0.5, 0.6) is 0 Å². The molecule has 0 aliphatic heterocycles. The van der Waals surface area contributed by atoms with Gasteiger partial charge >= 0.3 is 0 Å². The van der Waals surface area contributed by atoms with Crippen molar-refractivity contribution in [3.05, 3.63) is 34.2 Å². The summed E-state index contributed by atoms with van der Waals surface area (Å²) < 4.78 is 4.69. The van der Waals surface area contributed by atoms with Crippen molar-refractivity contribution in [3.8, 4) is 0 Å². The monoisotopic (exact) mass is 275 g/mol. The average Bonchev–Trinajstić information content (AvgIpc) is 2.81. The number of aryl methyl sites for hydroxylation is 1. The number of hydrogen-bond acceptors (Lipinski definition) is 7. The van der Waals surface area contributed by atoms with Crippen molar-refractivity contribution in [2.24, 2.45) is 0 Å². The first kappa shape index (κ1) is 11.7. The number of rotatable bonds is 2. The molecule has 3 N–H and O–H groups in total.